The largest absolute Gasteiger partial charge is 0.280 e. The SMILES string of the molecule is C=N/C(=C\C(=N/Cc1ccccc1)c1cc(-c2ccc(-c3cccnc3)cc2)cc(-c2c3ccccc3c(-c3ccccc3)c3ccccc23)c1)c1ccc(-c2ccccc2)cc1. The molecule has 10 rings (SSSR count). The Morgan fingerprint density at radius 2 is 0.873 bits per heavy atom. The molecule has 0 bridgehead atoms. The third kappa shape index (κ3) is 8.16. The molecular weight excluding hydrogens is 763 g/mol. The van der Waals surface area contributed by atoms with Gasteiger partial charge >= 0.3 is 0 Å². The normalized spacial score (nSPS) is 11.8. The van der Waals surface area contributed by atoms with Gasteiger partial charge in [0.05, 0.1) is 18.0 Å². The van der Waals surface area contributed by atoms with E-state index >= 15 is 0 Å². The Morgan fingerprint density at radius 1 is 0.413 bits per heavy atom. The summed E-state index contributed by atoms with van der Waals surface area (Å²) in [6.45, 7) is 4.57. The van der Waals surface area contributed by atoms with Crippen molar-refractivity contribution in [2.75, 3.05) is 0 Å². The fraction of sp³-hybridized carbons (Fsp3) is 0.0167. The van der Waals surface area contributed by atoms with Crippen LogP contribution in [0, 0.1) is 0 Å². The minimum Gasteiger partial charge on any atom is -0.280 e. The lowest BCUT2D eigenvalue weighted by Gasteiger charge is -2.19. The number of aromatic nitrogens is 1. The number of rotatable bonds is 11. The zero-order valence-corrected chi connectivity index (χ0v) is 34.8. The first-order chi connectivity index (χ1) is 31.2. The summed E-state index contributed by atoms with van der Waals surface area (Å²) in [4.78, 5) is 14.4. The Kier molecular flexibility index (Phi) is 11.0. The van der Waals surface area contributed by atoms with Crippen LogP contribution in [0.1, 0.15) is 16.7 Å². The van der Waals surface area contributed by atoms with Gasteiger partial charge in [-0.2, -0.15) is 0 Å². The Bertz CT molecular complexity index is 3210. The van der Waals surface area contributed by atoms with Gasteiger partial charge < -0.3 is 0 Å². The van der Waals surface area contributed by atoms with Gasteiger partial charge in [0.1, 0.15) is 0 Å². The first-order valence-corrected chi connectivity index (χ1v) is 21.3. The number of hydrogen-bond acceptors (Lipinski definition) is 3. The van der Waals surface area contributed by atoms with Crippen molar-refractivity contribution in [3.63, 3.8) is 0 Å². The highest BCUT2D eigenvalue weighted by atomic mass is 14.8. The molecule has 0 unspecified atom stereocenters. The monoisotopic (exact) mass is 805 g/mol. The molecule has 0 saturated heterocycles. The molecule has 9 aromatic carbocycles. The maximum atomic E-state index is 5.39. The van der Waals surface area contributed by atoms with Crippen molar-refractivity contribution in [3.8, 4) is 55.6 Å². The standard InChI is InChI=1S/C60H43N3/c1-61-57(47-33-31-44(32-34-47)43-18-7-3-8-19-43)39-58(63-40-42-16-5-2-6-17-42)51-36-50(46-29-27-45(28-30-46)49-22-15-35-62-41-49)37-52(38-51)60-55-25-13-11-23-53(55)59(48-20-9-4-10-21-48)54-24-12-14-26-56(54)60/h2-39,41H,1,40H2/b57-39-,63-58+. The molecule has 63 heavy (non-hydrogen) atoms. The molecule has 1 aromatic heterocycles. The lowest BCUT2D eigenvalue weighted by atomic mass is 9.84. The predicted octanol–water partition coefficient (Wildman–Crippen LogP) is 15.5. The van der Waals surface area contributed by atoms with E-state index in [1.807, 2.05) is 30.6 Å². The number of hydrogen-bond donors (Lipinski definition) is 0. The molecule has 10 aromatic rings. The van der Waals surface area contributed by atoms with E-state index in [1.165, 1.54) is 43.8 Å². The van der Waals surface area contributed by atoms with E-state index in [2.05, 4.69) is 223 Å². The molecule has 298 valence electrons. The van der Waals surface area contributed by atoms with Gasteiger partial charge in [0.25, 0.3) is 0 Å². The average Bonchev–Trinajstić information content (AvgIpc) is 3.36. The second-order valence-corrected chi connectivity index (χ2v) is 15.6. The maximum absolute atomic E-state index is 5.39. The number of benzene rings is 9. The van der Waals surface area contributed by atoms with E-state index < -0.39 is 0 Å². The first-order valence-electron chi connectivity index (χ1n) is 21.3. The number of allylic oxidation sites excluding steroid dienone is 1. The maximum Gasteiger partial charge on any atom is 0.0716 e. The van der Waals surface area contributed by atoms with Gasteiger partial charge in [-0.1, -0.05) is 194 Å². The number of pyridine rings is 1. The molecule has 0 aliphatic rings. The topological polar surface area (TPSA) is 37.6 Å². The second-order valence-electron chi connectivity index (χ2n) is 15.6. The van der Waals surface area contributed by atoms with Crippen molar-refractivity contribution in [1.82, 2.24) is 4.98 Å². The summed E-state index contributed by atoms with van der Waals surface area (Å²) in [5, 5.41) is 4.80. The molecule has 3 nitrogen and oxygen atoms in total. The highest BCUT2D eigenvalue weighted by molar-refractivity contribution is 6.22. The number of fused-ring (bicyclic) bond motifs is 2. The third-order valence-electron chi connectivity index (χ3n) is 11.7. The van der Waals surface area contributed by atoms with Crippen LogP contribution in [0.3, 0.4) is 0 Å². The van der Waals surface area contributed by atoms with E-state index in [4.69, 9.17) is 4.99 Å². The van der Waals surface area contributed by atoms with Crippen molar-refractivity contribution in [1.29, 1.82) is 0 Å². The quantitative estimate of drug-likeness (QED) is 0.0948. The van der Waals surface area contributed by atoms with Crippen LogP contribution in [0.25, 0.3) is 82.9 Å². The van der Waals surface area contributed by atoms with Gasteiger partial charge in [0.2, 0.25) is 0 Å². The van der Waals surface area contributed by atoms with Crippen LogP contribution < -0.4 is 0 Å². The Balaban J connectivity index is 1.20. The summed E-state index contributed by atoms with van der Waals surface area (Å²) < 4.78 is 0. The van der Waals surface area contributed by atoms with Gasteiger partial charge in [0, 0.05) is 23.5 Å². The third-order valence-corrected chi connectivity index (χ3v) is 11.7. The second kappa shape index (κ2) is 17.8. The van der Waals surface area contributed by atoms with Crippen LogP contribution in [0.5, 0.6) is 0 Å². The minimum absolute atomic E-state index is 0.501. The fourth-order valence-electron chi connectivity index (χ4n) is 8.62. The van der Waals surface area contributed by atoms with Crippen LogP contribution >= 0.6 is 0 Å². The molecule has 0 radical (unpaired) electrons. The Hall–Kier alpha value is -8.27. The van der Waals surface area contributed by atoms with Crippen LogP contribution in [-0.2, 0) is 6.54 Å². The van der Waals surface area contributed by atoms with E-state index in [0.717, 1.165) is 61.5 Å². The van der Waals surface area contributed by atoms with Crippen LogP contribution in [0.2, 0.25) is 0 Å². The molecule has 3 heteroatoms. The predicted molar refractivity (Wildman–Crippen MR) is 267 cm³/mol. The minimum atomic E-state index is 0.501. The summed E-state index contributed by atoms with van der Waals surface area (Å²) in [5.74, 6) is 0. The zero-order chi connectivity index (χ0) is 42.4. The first kappa shape index (κ1) is 38.9. The lowest BCUT2D eigenvalue weighted by molar-refractivity contribution is 1.07. The van der Waals surface area contributed by atoms with Crippen LogP contribution in [0.15, 0.2) is 247 Å². The molecule has 0 N–H and O–H groups in total. The Labute approximate surface area is 368 Å². The molecule has 0 atom stereocenters. The molecule has 0 fully saturated rings. The molecule has 0 aliphatic carbocycles. The van der Waals surface area contributed by atoms with E-state index in [0.29, 0.717) is 6.54 Å². The molecule has 0 aliphatic heterocycles. The van der Waals surface area contributed by atoms with Crippen molar-refractivity contribution in [2.24, 2.45) is 9.98 Å². The summed E-state index contributed by atoms with van der Waals surface area (Å²) in [6, 6.07) is 77.5. The van der Waals surface area contributed by atoms with Gasteiger partial charge in [-0.15, -0.1) is 0 Å². The Morgan fingerprint density at radius 3 is 1.44 bits per heavy atom. The summed E-state index contributed by atoms with van der Waals surface area (Å²) in [5.41, 5.74) is 16.1. The average molecular weight is 806 g/mol. The molecule has 1 heterocycles. The van der Waals surface area contributed by atoms with Crippen molar-refractivity contribution in [3.05, 3.63) is 254 Å². The summed E-state index contributed by atoms with van der Waals surface area (Å²) in [6.07, 6.45) is 5.81. The summed E-state index contributed by atoms with van der Waals surface area (Å²) in [7, 11) is 0. The van der Waals surface area contributed by atoms with Crippen LogP contribution in [-0.4, -0.2) is 17.4 Å². The highest BCUT2D eigenvalue weighted by Gasteiger charge is 2.19. The van der Waals surface area contributed by atoms with Gasteiger partial charge in [-0.25, -0.2) is 0 Å². The fourth-order valence-corrected chi connectivity index (χ4v) is 8.62. The lowest BCUT2D eigenvalue weighted by Crippen LogP contribution is -2.02. The number of aliphatic imine (C=N–C) groups is 2. The molecule has 0 spiro atoms. The van der Waals surface area contributed by atoms with Crippen molar-refractivity contribution < 1.29 is 0 Å². The van der Waals surface area contributed by atoms with E-state index in [9.17, 15) is 0 Å². The van der Waals surface area contributed by atoms with E-state index in [-0.39, 0.29) is 0 Å². The van der Waals surface area contributed by atoms with Gasteiger partial charge in [0.15, 0.2) is 0 Å². The summed E-state index contributed by atoms with van der Waals surface area (Å²) >= 11 is 0. The van der Waals surface area contributed by atoms with E-state index in [1.54, 1.807) is 0 Å². The highest BCUT2D eigenvalue weighted by Crippen LogP contribution is 2.44. The zero-order valence-electron chi connectivity index (χ0n) is 34.8. The van der Waals surface area contributed by atoms with Gasteiger partial charge in [-0.05, 0) is 120 Å². The molecular formula is C60H43N3. The van der Waals surface area contributed by atoms with Crippen molar-refractivity contribution in [2.45, 2.75) is 6.54 Å². The smallest absolute Gasteiger partial charge is 0.0716 e. The van der Waals surface area contributed by atoms with Gasteiger partial charge in [-0.3, -0.25) is 15.0 Å². The van der Waals surface area contributed by atoms with Crippen molar-refractivity contribution >= 4 is 39.7 Å². The van der Waals surface area contributed by atoms with Crippen LogP contribution in [0.4, 0.5) is 0 Å². The molecule has 0 saturated carbocycles. The number of nitrogens with zero attached hydrogens (tertiary/aromatic N) is 3. The molecule has 0 amide bonds.